The molecule has 0 spiro atoms. The van der Waals surface area contributed by atoms with E-state index < -0.39 is 0 Å². The van der Waals surface area contributed by atoms with Gasteiger partial charge in [0, 0.05) is 37.1 Å². The quantitative estimate of drug-likeness (QED) is 0.718. The molecule has 1 aliphatic rings. The number of anilines is 3. The van der Waals surface area contributed by atoms with Gasteiger partial charge in [0.05, 0.1) is 13.1 Å². The zero-order chi connectivity index (χ0) is 22.4. The molecule has 3 rings (SSSR count). The fraction of sp³-hybridized carbons (Fsp3) is 0.375. The molecular formula is C24H30N4O3. The Morgan fingerprint density at radius 3 is 2.35 bits per heavy atom. The van der Waals surface area contributed by atoms with Gasteiger partial charge in [0.2, 0.25) is 17.7 Å². The second-order valence-electron chi connectivity index (χ2n) is 7.87. The number of hydrogen-bond donors (Lipinski definition) is 2. The highest BCUT2D eigenvalue weighted by Crippen LogP contribution is 2.27. The Labute approximate surface area is 183 Å². The van der Waals surface area contributed by atoms with Crippen LogP contribution in [0, 0.1) is 6.92 Å². The zero-order valence-corrected chi connectivity index (χ0v) is 18.4. The van der Waals surface area contributed by atoms with E-state index in [-0.39, 0.29) is 30.8 Å². The first kappa shape index (κ1) is 22.3. The van der Waals surface area contributed by atoms with Gasteiger partial charge in [0.1, 0.15) is 0 Å². The lowest BCUT2D eigenvalue weighted by Gasteiger charge is -2.32. The Bertz CT molecular complexity index is 956. The molecule has 7 nitrogen and oxygen atoms in total. The minimum Gasteiger partial charge on any atom is -0.362 e. The number of fused-ring (bicyclic) bond motifs is 1. The third-order valence-electron chi connectivity index (χ3n) is 5.33. The maximum absolute atomic E-state index is 12.9. The molecule has 1 aliphatic heterocycles. The molecule has 0 radical (unpaired) electrons. The topological polar surface area (TPSA) is 81.8 Å². The average Bonchev–Trinajstić information content (AvgIpc) is 2.73. The SMILES string of the molecule is CCN(CC(=O)Nc1ccc(NC(C)=O)cc1)C(=O)CN1CCCc2cc(C)ccc21. The highest BCUT2D eigenvalue weighted by Gasteiger charge is 2.22. The highest BCUT2D eigenvalue weighted by molar-refractivity contribution is 5.95. The molecule has 0 aliphatic carbocycles. The number of hydrogen-bond acceptors (Lipinski definition) is 4. The van der Waals surface area contributed by atoms with Crippen LogP contribution >= 0.6 is 0 Å². The molecule has 0 saturated carbocycles. The molecule has 0 saturated heterocycles. The summed E-state index contributed by atoms with van der Waals surface area (Å²) >= 11 is 0. The lowest BCUT2D eigenvalue weighted by Crippen LogP contribution is -2.45. The van der Waals surface area contributed by atoms with Crippen LogP contribution in [-0.4, -0.2) is 48.8 Å². The van der Waals surface area contributed by atoms with E-state index in [0.717, 1.165) is 25.1 Å². The van der Waals surface area contributed by atoms with E-state index >= 15 is 0 Å². The second-order valence-corrected chi connectivity index (χ2v) is 7.87. The van der Waals surface area contributed by atoms with Gasteiger partial charge in [-0.05, 0) is 62.6 Å². The van der Waals surface area contributed by atoms with Crippen LogP contribution in [0.3, 0.4) is 0 Å². The Morgan fingerprint density at radius 1 is 1.03 bits per heavy atom. The van der Waals surface area contributed by atoms with Crippen LogP contribution in [0.5, 0.6) is 0 Å². The first-order valence-electron chi connectivity index (χ1n) is 10.7. The summed E-state index contributed by atoms with van der Waals surface area (Å²) in [5.74, 6) is -0.468. The Kier molecular flexibility index (Phi) is 7.28. The number of aryl methyl sites for hydroxylation is 2. The Hall–Kier alpha value is -3.35. The van der Waals surface area contributed by atoms with Crippen molar-refractivity contribution in [3.63, 3.8) is 0 Å². The van der Waals surface area contributed by atoms with Crippen molar-refractivity contribution < 1.29 is 14.4 Å². The Morgan fingerprint density at radius 2 is 1.71 bits per heavy atom. The maximum Gasteiger partial charge on any atom is 0.243 e. The number of nitrogens with zero attached hydrogens (tertiary/aromatic N) is 2. The molecular weight excluding hydrogens is 392 g/mol. The van der Waals surface area contributed by atoms with Crippen LogP contribution < -0.4 is 15.5 Å². The van der Waals surface area contributed by atoms with Crippen LogP contribution in [0.25, 0.3) is 0 Å². The lowest BCUT2D eigenvalue weighted by molar-refractivity contribution is -0.133. The van der Waals surface area contributed by atoms with Gasteiger partial charge < -0.3 is 20.4 Å². The molecule has 0 bridgehead atoms. The van der Waals surface area contributed by atoms with Gasteiger partial charge >= 0.3 is 0 Å². The second kappa shape index (κ2) is 10.1. The van der Waals surface area contributed by atoms with Gasteiger partial charge in [-0.3, -0.25) is 14.4 Å². The number of benzene rings is 2. The Balaban J connectivity index is 1.57. The van der Waals surface area contributed by atoms with E-state index in [1.807, 2.05) is 6.92 Å². The summed E-state index contributed by atoms with van der Waals surface area (Å²) < 4.78 is 0. The van der Waals surface area contributed by atoms with Crippen molar-refractivity contribution >= 4 is 34.8 Å². The molecule has 0 atom stereocenters. The zero-order valence-electron chi connectivity index (χ0n) is 18.4. The van der Waals surface area contributed by atoms with Gasteiger partial charge in [0.25, 0.3) is 0 Å². The average molecular weight is 423 g/mol. The summed E-state index contributed by atoms with van der Waals surface area (Å²) in [4.78, 5) is 40.2. The first-order valence-corrected chi connectivity index (χ1v) is 10.7. The maximum atomic E-state index is 12.9. The summed E-state index contributed by atoms with van der Waals surface area (Å²) in [6.07, 6.45) is 2.05. The molecule has 164 valence electrons. The van der Waals surface area contributed by atoms with E-state index in [9.17, 15) is 14.4 Å². The van der Waals surface area contributed by atoms with E-state index in [1.165, 1.54) is 18.1 Å². The largest absolute Gasteiger partial charge is 0.362 e. The van der Waals surface area contributed by atoms with Gasteiger partial charge in [-0.25, -0.2) is 0 Å². The van der Waals surface area contributed by atoms with E-state index in [0.29, 0.717) is 17.9 Å². The summed E-state index contributed by atoms with van der Waals surface area (Å²) in [5, 5.41) is 5.49. The normalized spacial score (nSPS) is 12.7. The molecule has 0 aromatic heterocycles. The van der Waals surface area contributed by atoms with Crippen molar-refractivity contribution in [2.24, 2.45) is 0 Å². The minimum absolute atomic E-state index is 0.00260. The van der Waals surface area contributed by atoms with Crippen LogP contribution in [0.15, 0.2) is 42.5 Å². The van der Waals surface area contributed by atoms with Gasteiger partial charge in [0.15, 0.2) is 0 Å². The van der Waals surface area contributed by atoms with Crippen molar-refractivity contribution in [3.05, 3.63) is 53.6 Å². The van der Waals surface area contributed by atoms with Crippen molar-refractivity contribution in [3.8, 4) is 0 Å². The summed E-state index contributed by atoms with van der Waals surface area (Å²) in [5.41, 5.74) is 4.90. The number of likely N-dealkylation sites (N-methyl/N-ethyl adjacent to an activating group) is 1. The number of nitrogens with one attached hydrogen (secondary N) is 2. The predicted octanol–water partition coefficient (Wildman–Crippen LogP) is 3.19. The fourth-order valence-corrected chi connectivity index (χ4v) is 3.82. The molecule has 2 N–H and O–H groups in total. The van der Waals surface area contributed by atoms with Gasteiger partial charge in [-0.15, -0.1) is 0 Å². The molecule has 3 amide bonds. The third-order valence-corrected chi connectivity index (χ3v) is 5.33. The van der Waals surface area contributed by atoms with E-state index in [1.54, 1.807) is 29.2 Å². The fourth-order valence-electron chi connectivity index (χ4n) is 3.82. The molecule has 2 aromatic carbocycles. The highest BCUT2D eigenvalue weighted by atomic mass is 16.2. The number of carbonyl (C=O) groups is 3. The smallest absolute Gasteiger partial charge is 0.243 e. The predicted molar refractivity (Wildman–Crippen MR) is 123 cm³/mol. The first-order chi connectivity index (χ1) is 14.9. The van der Waals surface area contributed by atoms with E-state index in [4.69, 9.17) is 0 Å². The number of carbonyl (C=O) groups excluding carboxylic acids is 3. The monoisotopic (exact) mass is 422 g/mol. The molecule has 7 heteroatoms. The lowest BCUT2D eigenvalue weighted by atomic mass is 9.99. The number of amides is 3. The summed E-state index contributed by atoms with van der Waals surface area (Å²) in [7, 11) is 0. The van der Waals surface area contributed by atoms with Crippen molar-refractivity contribution in [1.82, 2.24) is 4.90 Å². The minimum atomic E-state index is -0.253. The standard InChI is InChI=1S/C24H30N4O3/c1-4-27(15-23(30)26-21-10-8-20(9-11-21)25-18(3)29)24(31)16-28-13-5-6-19-14-17(2)7-12-22(19)28/h7-12,14H,4-6,13,15-16H2,1-3H3,(H,25,29)(H,26,30). The van der Waals surface area contributed by atoms with Crippen molar-refractivity contribution in [2.45, 2.75) is 33.6 Å². The van der Waals surface area contributed by atoms with Crippen molar-refractivity contribution in [2.75, 3.05) is 41.7 Å². The molecule has 2 aromatic rings. The molecule has 31 heavy (non-hydrogen) atoms. The van der Waals surface area contributed by atoms with E-state index in [2.05, 4.69) is 40.7 Å². The third kappa shape index (κ3) is 6.07. The summed E-state index contributed by atoms with van der Waals surface area (Å²) in [6, 6.07) is 13.2. The number of rotatable bonds is 7. The molecule has 1 heterocycles. The molecule has 0 fully saturated rings. The van der Waals surface area contributed by atoms with Crippen molar-refractivity contribution in [1.29, 1.82) is 0 Å². The molecule has 0 unspecified atom stereocenters. The van der Waals surface area contributed by atoms with Crippen LogP contribution in [0.1, 0.15) is 31.4 Å². The van der Waals surface area contributed by atoms with Crippen LogP contribution in [0.2, 0.25) is 0 Å². The summed E-state index contributed by atoms with van der Waals surface area (Å²) in [6.45, 7) is 6.96. The van der Waals surface area contributed by atoms with Crippen LogP contribution in [-0.2, 0) is 20.8 Å². The van der Waals surface area contributed by atoms with Gasteiger partial charge in [-0.1, -0.05) is 17.7 Å². The van der Waals surface area contributed by atoms with Gasteiger partial charge in [-0.2, -0.15) is 0 Å². The van der Waals surface area contributed by atoms with Crippen LogP contribution in [0.4, 0.5) is 17.1 Å².